The lowest BCUT2D eigenvalue weighted by atomic mass is 10.1. The molecule has 2 nitrogen and oxygen atoms in total. The summed E-state index contributed by atoms with van der Waals surface area (Å²) in [6.45, 7) is 8.65. The molecule has 0 aromatic rings. The van der Waals surface area contributed by atoms with Gasteiger partial charge in [0.05, 0.1) is 6.61 Å². The summed E-state index contributed by atoms with van der Waals surface area (Å²) in [4.78, 5) is 0. The fraction of sp³-hybridized carbons (Fsp3) is 0.769. The fourth-order valence-corrected chi connectivity index (χ4v) is 6.20. The zero-order chi connectivity index (χ0) is 12.9. The van der Waals surface area contributed by atoms with Crippen molar-refractivity contribution in [1.29, 1.82) is 0 Å². The van der Waals surface area contributed by atoms with Gasteiger partial charge >= 0.3 is 0 Å². The Morgan fingerprint density at radius 3 is 2.76 bits per heavy atom. The molecule has 17 heavy (non-hydrogen) atoms. The molecule has 0 bridgehead atoms. The van der Waals surface area contributed by atoms with Crippen LogP contribution in [-0.2, 0) is 4.74 Å². The average Bonchev–Trinajstić information content (AvgIpc) is 2.58. The zero-order valence-electron chi connectivity index (χ0n) is 11.2. The Bertz CT molecular complexity index is 311. The molecule has 0 amide bonds. The van der Waals surface area contributed by atoms with Gasteiger partial charge in [0.2, 0.25) is 0 Å². The molecular formula is C13H23NOSSi. The summed E-state index contributed by atoms with van der Waals surface area (Å²) >= 11 is 5.25. The monoisotopic (exact) mass is 269 g/mol. The standard InChI is InChI=1S/C13H23NOSSi/c1-5-8-12(11-13(16)15-6-2)14-9-7-10-17(14,3)4/h1,12H,6-11H2,2-4H3. The molecule has 0 aromatic heterocycles. The average molecular weight is 269 g/mol. The van der Waals surface area contributed by atoms with E-state index < -0.39 is 8.24 Å². The van der Waals surface area contributed by atoms with Crippen LogP contribution >= 0.6 is 12.2 Å². The van der Waals surface area contributed by atoms with Gasteiger partial charge in [-0.2, -0.15) is 0 Å². The fourth-order valence-electron chi connectivity index (χ4n) is 2.65. The highest BCUT2D eigenvalue weighted by molar-refractivity contribution is 7.80. The third-order valence-corrected chi connectivity index (χ3v) is 7.47. The minimum atomic E-state index is -1.24. The first-order chi connectivity index (χ1) is 8.01. The number of thiocarbonyl (C=S) groups is 1. The third-order valence-electron chi connectivity index (χ3n) is 3.47. The minimum Gasteiger partial charge on any atom is -0.487 e. The van der Waals surface area contributed by atoms with Crippen LogP contribution in [0.15, 0.2) is 0 Å². The maximum Gasteiger partial charge on any atom is 0.161 e. The maximum absolute atomic E-state index is 5.49. The van der Waals surface area contributed by atoms with E-state index in [1.807, 2.05) is 6.92 Å². The normalized spacial score (nSPS) is 20.8. The molecule has 1 aliphatic heterocycles. The van der Waals surface area contributed by atoms with Crippen LogP contribution in [0.4, 0.5) is 0 Å². The van der Waals surface area contributed by atoms with Gasteiger partial charge in [-0.3, -0.25) is 0 Å². The van der Waals surface area contributed by atoms with Crippen LogP contribution in [0.2, 0.25) is 19.1 Å². The van der Waals surface area contributed by atoms with Crippen LogP contribution in [0.1, 0.15) is 26.2 Å². The van der Waals surface area contributed by atoms with Gasteiger partial charge in [-0.25, -0.2) is 0 Å². The third kappa shape index (κ3) is 4.09. The second kappa shape index (κ2) is 6.53. The molecule has 4 heteroatoms. The van der Waals surface area contributed by atoms with Gasteiger partial charge in [0, 0.05) is 18.9 Å². The van der Waals surface area contributed by atoms with Gasteiger partial charge in [0.1, 0.15) is 8.24 Å². The van der Waals surface area contributed by atoms with E-state index in [1.54, 1.807) is 0 Å². The molecule has 0 saturated carbocycles. The molecule has 1 fully saturated rings. The lowest BCUT2D eigenvalue weighted by Gasteiger charge is -2.36. The summed E-state index contributed by atoms with van der Waals surface area (Å²) in [5.41, 5.74) is 0. The van der Waals surface area contributed by atoms with Gasteiger partial charge in [-0.05, 0) is 38.2 Å². The highest BCUT2D eigenvalue weighted by atomic mass is 32.1. The SMILES string of the molecule is C#CCC(CC(=S)OCC)N1CCC[Si]1(C)C. The molecule has 0 aliphatic carbocycles. The van der Waals surface area contributed by atoms with Crippen molar-refractivity contribution in [2.75, 3.05) is 13.2 Å². The van der Waals surface area contributed by atoms with Crippen molar-refractivity contribution < 1.29 is 4.74 Å². The van der Waals surface area contributed by atoms with Crippen molar-refractivity contribution in [2.24, 2.45) is 0 Å². The topological polar surface area (TPSA) is 12.5 Å². The van der Waals surface area contributed by atoms with Gasteiger partial charge in [0.25, 0.3) is 0 Å². The van der Waals surface area contributed by atoms with Crippen LogP contribution in [0.25, 0.3) is 0 Å². The molecule has 96 valence electrons. The molecular weight excluding hydrogens is 246 g/mol. The van der Waals surface area contributed by atoms with Gasteiger partial charge in [0.15, 0.2) is 5.05 Å². The van der Waals surface area contributed by atoms with Crippen LogP contribution in [-0.4, -0.2) is 37.0 Å². The van der Waals surface area contributed by atoms with Crippen molar-refractivity contribution >= 4 is 25.5 Å². The first-order valence-corrected chi connectivity index (χ1v) is 9.93. The molecule has 1 rings (SSSR count). The predicted molar refractivity (Wildman–Crippen MR) is 79.7 cm³/mol. The Hall–Kier alpha value is -0.373. The summed E-state index contributed by atoms with van der Waals surface area (Å²) < 4.78 is 8.04. The van der Waals surface area contributed by atoms with Gasteiger partial charge < -0.3 is 9.30 Å². The molecule has 1 unspecified atom stereocenters. The Balaban J connectivity index is 2.65. The highest BCUT2D eigenvalue weighted by Crippen LogP contribution is 2.30. The first kappa shape index (κ1) is 14.7. The van der Waals surface area contributed by atoms with E-state index in [-0.39, 0.29) is 0 Å². The van der Waals surface area contributed by atoms with E-state index in [1.165, 1.54) is 19.0 Å². The van der Waals surface area contributed by atoms with Gasteiger partial charge in [-0.1, -0.05) is 13.1 Å². The molecule has 0 radical (unpaired) electrons. The lowest BCUT2D eigenvalue weighted by Crippen LogP contribution is -2.50. The van der Waals surface area contributed by atoms with Gasteiger partial charge in [-0.15, -0.1) is 12.3 Å². The molecule has 0 aromatic carbocycles. The van der Waals surface area contributed by atoms with Crippen molar-refractivity contribution in [3.05, 3.63) is 0 Å². The molecule has 1 heterocycles. The van der Waals surface area contributed by atoms with E-state index in [0.717, 1.165) is 12.8 Å². The molecule has 1 atom stereocenters. The maximum atomic E-state index is 5.49. The summed E-state index contributed by atoms with van der Waals surface area (Å²) in [6, 6.07) is 1.76. The summed E-state index contributed by atoms with van der Waals surface area (Å²) in [5, 5.41) is 0.712. The number of hydrogen-bond acceptors (Lipinski definition) is 3. The Morgan fingerprint density at radius 1 is 1.59 bits per heavy atom. The van der Waals surface area contributed by atoms with Crippen LogP contribution < -0.4 is 0 Å². The van der Waals surface area contributed by atoms with Crippen molar-refractivity contribution in [1.82, 2.24) is 4.57 Å². The number of terminal acetylenes is 1. The molecule has 1 aliphatic rings. The number of nitrogens with zero attached hydrogens (tertiary/aromatic N) is 1. The van der Waals surface area contributed by atoms with Crippen molar-refractivity contribution in [2.45, 2.75) is 51.4 Å². The van der Waals surface area contributed by atoms with Crippen molar-refractivity contribution in [3.63, 3.8) is 0 Å². The number of rotatable bonds is 5. The summed E-state index contributed by atoms with van der Waals surface area (Å²) in [6.07, 6.45) is 8.39. The summed E-state index contributed by atoms with van der Waals surface area (Å²) in [7, 11) is -1.24. The lowest BCUT2D eigenvalue weighted by molar-refractivity contribution is 0.295. The largest absolute Gasteiger partial charge is 0.487 e. The quantitative estimate of drug-likeness (QED) is 0.432. The Labute approximate surface area is 112 Å². The highest BCUT2D eigenvalue weighted by Gasteiger charge is 2.38. The van der Waals surface area contributed by atoms with Crippen LogP contribution in [0, 0.1) is 12.3 Å². The van der Waals surface area contributed by atoms with E-state index in [2.05, 4.69) is 23.6 Å². The van der Waals surface area contributed by atoms with E-state index in [4.69, 9.17) is 23.4 Å². The Morgan fingerprint density at radius 2 is 2.29 bits per heavy atom. The van der Waals surface area contributed by atoms with Crippen LogP contribution in [0.3, 0.4) is 0 Å². The second-order valence-electron chi connectivity index (χ2n) is 5.18. The van der Waals surface area contributed by atoms with Crippen molar-refractivity contribution in [3.8, 4) is 12.3 Å². The number of hydrogen-bond donors (Lipinski definition) is 0. The minimum absolute atomic E-state index is 0.392. The number of ether oxygens (including phenoxy) is 1. The van der Waals surface area contributed by atoms with Crippen LogP contribution in [0.5, 0.6) is 0 Å². The Kier molecular flexibility index (Phi) is 5.64. The molecule has 0 N–H and O–H groups in total. The second-order valence-corrected chi connectivity index (χ2v) is 10.3. The van der Waals surface area contributed by atoms with E-state index in [0.29, 0.717) is 17.7 Å². The first-order valence-electron chi connectivity index (χ1n) is 6.37. The molecule has 1 saturated heterocycles. The van der Waals surface area contributed by atoms with E-state index >= 15 is 0 Å². The predicted octanol–water partition coefficient (Wildman–Crippen LogP) is 3.04. The smallest absolute Gasteiger partial charge is 0.161 e. The van der Waals surface area contributed by atoms with E-state index in [9.17, 15) is 0 Å². The summed E-state index contributed by atoms with van der Waals surface area (Å²) in [5.74, 6) is 2.80. The zero-order valence-corrected chi connectivity index (χ0v) is 13.0. The molecule has 0 spiro atoms.